The number of ketones is 1. The molecule has 0 aliphatic heterocycles. The van der Waals surface area contributed by atoms with Crippen LogP contribution in [0.4, 0.5) is 0 Å². The van der Waals surface area contributed by atoms with E-state index in [0.717, 1.165) is 6.42 Å². The molecule has 0 fully saturated rings. The molecule has 1 aromatic rings. The quantitative estimate of drug-likeness (QED) is 0.723. The SMILES string of the molecule is CC(C)(C)CCC(=O)c1ccc(C#N)cc1. The highest BCUT2D eigenvalue weighted by atomic mass is 16.1. The highest BCUT2D eigenvalue weighted by molar-refractivity contribution is 5.96. The molecule has 2 heteroatoms. The first kappa shape index (κ1) is 12.4. The van der Waals surface area contributed by atoms with Crippen molar-refractivity contribution in [3.05, 3.63) is 35.4 Å². The van der Waals surface area contributed by atoms with Crippen molar-refractivity contribution in [2.75, 3.05) is 0 Å². The number of Topliss-reactive ketones (excluding diaryl/α,β-unsaturated/α-hetero) is 1. The Labute approximate surface area is 96.9 Å². The summed E-state index contributed by atoms with van der Waals surface area (Å²) in [6.45, 7) is 6.37. The van der Waals surface area contributed by atoms with Crippen molar-refractivity contribution in [3.63, 3.8) is 0 Å². The Bertz CT molecular complexity index is 404. The van der Waals surface area contributed by atoms with Crippen molar-refractivity contribution < 1.29 is 4.79 Å². The fraction of sp³-hybridized carbons (Fsp3) is 0.429. The molecular formula is C14H17NO. The summed E-state index contributed by atoms with van der Waals surface area (Å²) in [5.74, 6) is 0.152. The summed E-state index contributed by atoms with van der Waals surface area (Å²) in [4.78, 5) is 11.8. The van der Waals surface area contributed by atoms with Crippen molar-refractivity contribution in [1.29, 1.82) is 5.26 Å². The molecule has 0 radical (unpaired) electrons. The van der Waals surface area contributed by atoms with E-state index in [2.05, 4.69) is 20.8 Å². The summed E-state index contributed by atoms with van der Waals surface area (Å²) in [5.41, 5.74) is 1.47. The maximum absolute atomic E-state index is 11.8. The van der Waals surface area contributed by atoms with E-state index in [4.69, 9.17) is 5.26 Å². The molecule has 0 bridgehead atoms. The molecule has 0 aliphatic carbocycles. The van der Waals surface area contributed by atoms with E-state index < -0.39 is 0 Å². The van der Waals surface area contributed by atoms with Crippen LogP contribution in [-0.4, -0.2) is 5.78 Å². The smallest absolute Gasteiger partial charge is 0.162 e. The molecule has 0 saturated carbocycles. The normalized spacial score (nSPS) is 10.9. The van der Waals surface area contributed by atoms with Crippen LogP contribution in [0, 0.1) is 16.7 Å². The lowest BCUT2D eigenvalue weighted by molar-refractivity contribution is 0.0966. The van der Waals surface area contributed by atoms with Crippen molar-refractivity contribution in [2.45, 2.75) is 33.6 Å². The van der Waals surface area contributed by atoms with Crippen LogP contribution in [0.1, 0.15) is 49.5 Å². The van der Waals surface area contributed by atoms with Gasteiger partial charge in [-0.3, -0.25) is 4.79 Å². The number of carbonyl (C=O) groups excluding carboxylic acids is 1. The van der Waals surface area contributed by atoms with E-state index in [0.29, 0.717) is 17.5 Å². The topological polar surface area (TPSA) is 40.9 Å². The molecule has 0 unspecified atom stereocenters. The zero-order valence-corrected chi connectivity index (χ0v) is 10.1. The van der Waals surface area contributed by atoms with Gasteiger partial charge in [-0.05, 0) is 24.0 Å². The number of nitriles is 1. The van der Waals surface area contributed by atoms with E-state index in [1.807, 2.05) is 6.07 Å². The minimum atomic E-state index is 0.152. The molecule has 0 saturated heterocycles. The van der Waals surface area contributed by atoms with Gasteiger partial charge in [-0.2, -0.15) is 5.26 Å². The molecule has 0 amide bonds. The zero-order chi connectivity index (χ0) is 12.2. The van der Waals surface area contributed by atoms with Crippen LogP contribution in [0.25, 0.3) is 0 Å². The molecule has 1 rings (SSSR count). The Kier molecular flexibility index (Phi) is 3.84. The van der Waals surface area contributed by atoms with Crippen LogP contribution in [0.3, 0.4) is 0 Å². The highest BCUT2D eigenvalue weighted by Gasteiger charge is 2.13. The summed E-state index contributed by atoms with van der Waals surface area (Å²) >= 11 is 0. The van der Waals surface area contributed by atoms with Gasteiger partial charge in [-0.1, -0.05) is 32.9 Å². The van der Waals surface area contributed by atoms with Crippen molar-refractivity contribution >= 4 is 5.78 Å². The molecule has 0 aliphatic rings. The summed E-state index contributed by atoms with van der Waals surface area (Å²) in [6.07, 6.45) is 1.45. The predicted molar refractivity (Wildman–Crippen MR) is 64.2 cm³/mol. The summed E-state index contributed by atoms with van der Waals surface area (Å²) in [7, 11) is 0. The standard InChI is InChI=1S/C14H17NO/c1-14(2,3)9-8-13(16)12-6-4-11(10-15)5-7-12/h4-7H,8-9H2,1-3H3. The maximum Gasteiger partial charge on any atom is 0.162 e. The van der Waals surface area contributed by atoms with Crippen molar-refractivity contribution in [2.24, 2.45) is 5.41 Å². The van der Waals surface area contributed by atoms with Crippen LogP contribution < -0.4 is 0 Å². The van der Waals surface area contributed by atoms with Gasteiger partial charge in [-0.25, -0.2) is 0 Å². The largest absolute Gasteiger partial charge is 0.294 e. The number of hydrogen-bond acceptors (Lipinski definition) is 2. The van der Waals surface area contributed by atoms with Gasteiger partial charge in [0.15, 0.2) is 5.78 Å². The highest BCUT2D eigenvalue weighted by Crippen LogP contribution is 2.22. The van der Waals surface area contributed by atoms with E-state index >= 15 is 0 Å². The van der Waals surface area contributed by atoms with Crippen LogP contribution in [-0.2, 0) is 0 Å². The summed E-state index contributed by atoms with van der Waals surface area (Å²) in [5, 5.41) is 8.64. The lowest BCUT2D eigenvalue weighted by atomic mass is 9.88. The fourth-order valence-corrected chi connectivity index (χ4v) is 1.36. The third-order valence-electron chi connectivity index (χ3n) is 2.44. The van der Waals surface area contributed by atoms with Crippen molar-refractivity contribution in [3.8, 4) is 6.07 Å². The molecule has 16 heavy (non-hydrogen) atoms. The Morgan fingerprint density at radius 1 is 1.25 bits per heavy atom. The lowest BCUT2D eigenvalue weighted by Crippen LogP contribution is -2.09. The molecule has 1 aromatic carbocycles. The molecule has 0 spiro atoms. The lowest BCUT2D eigenvalue weighted by Gasteiger charge is -2.16. The number of carbonyl (C=O) groups is 1. The molecule has 84 valence electrons. The Morgan fingerprint density at radius 3 is 2.25 bits per heavy atom. The molecule has 0 heterocycles. The molecule has 0 aromatic heterocycles. The third kappa shape index (κ3) is 3.86. The van der Waals surface area contributed by atoms with E-state index in [1.165, 1.54) is 0 Å². The number of hydrogen-bond donors (Lipinski definition) is 0. The second-order valence-corrected chi connectivity index (χ2v) is 5.17. The van der Waals surface area contributed by atoms with E-state index in [-0.39, 0.29) is 11.2 Å². The minimum absolute atomic E-state index is 0.152. The summed E-state index contributed by atoms with van der Waals surface area (Å²) < 4.78 is 0. The number of rotatable bonds is 3. The monoisotopic (exact) mass is 215 g/mol. The first-order valence-electron chi connectivity index (χ1n) is 5.46. The van der Waals surface area contributed by atoms with Gasteiger partial charge in [0.2, 0.25) is 0 Å². The molecular weight excluding hydrogens is 198 g/mol. The Morgan fingerprint density at radius 2 is 1.81 bits per heavy atom. The van der Waals surface area contributed by atoms with E-state index in [1.54, 1.807) is 24.3 Å². The Balaban J connectivity index is 2.64. The van der Waals surface area contributed by atoms with Crippen LogP contribution in [0.15, 0.2) is 24.3 Å². The van der Waals surface area contributed by atoms with Gasteiger partial charge in [0.25, 0.3) is 0 Å². The first-order chi connectivity index (χ1) is 7.42. The molecule has 0 atom stereocenters. The average Bonchev–Trinajstić information content (AvgIpc) is 2.25. The Hall–Kier alpha value is -1.62. The summed E-state index contributed by atoms with van der Waals surface area (Å²) in [6, 6.07) is 8.86. The van der Waals surface area contributed by atoms with Gasteiger partial charge in [0.1, 0.15) is 0 Å². The predicted octanol–water partition coefficient (Wildman–Crippen LogP) is 3.57. The van der Waals surface area contributed by atoms with Crippen LogP contribution in [0.5, 0.6) is 0 Å². The van der Waals surface area contributed by atoms with Crippen LogP contribution >= 0.6 is 0 Å². The minimum Gasteiger partial charge on any atom is -0.294 e. The fourth-order valence-electron chi connectivity index (χ4n) is 1.36. The zero-order valence-electron chi connectivity index (χ0n) is 10.1. The van der Waals surface area contributed by atoms with Gasteiger partial charge in [-0.15, -0.1) is 0 Å². The van der Waals surface area contributed by atoms with Crippen molar-refractivity contribution in [1.82, 2.24) is 0 Å². The maximum atomic E-state index is 11.8. The second kappa shape index (κ2) is 4.94. The number of nitrogens with zero attached hydrogens (tertiary/aromatic N) is 1. The third-order valence-corrected chi connectivity index (χ3v) is 2.44. The van der Waals surface area contributed by atoms with Gasteiger partial charge in [0.05, 0.1) is 11.6 Å². The number of benzene rings is 1. The van der Waals surface area contributed by atoms with Gasteiger partial charge < -0.3 is 0 Å². The average molecular weight is 215 g/mol. The first-order valence-corrected chi connectivity index (χ1v) is 5.46. The van der Waals surface area contributed by atoms with Gasteiger partial charge in [0, 0.05) is 12.0 Å². The molecule has 2 nitrogen and oxygen atoms in total. The van der Waals surface area contributed by atoms with E-state index in [9.17, 15) is 4.79 Å². The second-order valence-electron chi connectivity index (χ2n) is 5.17. The van der Waals surface area contributed by atoms with Crippen LogP contribution in [0.2, 0.25) is 0 Å². The van der Waals surface area contributed by atoms with Gasteiger partial charge >= 0.3 is 0 Å². The molecule has 0 N–H and O–H groups in total.